The van der Waals surface area contributed by atoms with Crippen molar-refractivity contribution in [1.82, 2.24) is 0 Å². The highest BCUT2D eigenvalue weighted by atomic mass is 32.2. The molecule has 4 nitrogen and oxygen atoms in total. The number of thioether (sulfide) groups is 1. The van der Waals surface area contributed by atoms with Crippen LogP contribution in [-0.2, 0) is 4.79 Å². The summed E-state index contributed by atoms with van der Waals surface area (Å²) in [4.78, 5) is 26.6. The number of benzene rings is 3. The summed E-state index contributed by atoms with van der Waals surface area (Å²) in [5.74, 6) is -0.244. The van der Waals surface area contributed by atoms with Crippen molar-refractivity contribution in [3.8, 4) is 0 Å². The number of hydrogen-bond donors (Lipinski definition) is 1. The van der Waals surface area contributed by atoms with Gasteiger partial charge in [-0.1, -0.05) is 54.1 Å². The molecule has 4 rings (SSSR count). The second-order valence-corrected chi connectivity index (χ2v) is 7.00. The van der Waals surface area contributed by atoms with Gasteiger partial charge in [-0.2, -0.15) is 0 Å². The Bertz CT molecular complexity index is 964. The number of nitrogens with one attached hydrogen (secondary N) is 1. The first kappa shape index (κ1) is 15.7. The first-order valence-electron chi connectivity index (χ1n) is 7.99. The second kappa shape index (κ2) is 6.26. The third-order valence-electron chi connectivity index (χ3n) is 4.20. The van der Waals surface area contributed by atoms with E-state index in [0.29, 0.717) is 5.69 Å². The van der Waals surface area contributed by atoms with Gasteiger partial charge < -0.3 is 5.32 Å². The fourth-order valence-electron chi connectivity index (χ4n) is 2.92. The van der Waals surface area contributed by atoms with E-state index in [-0.39, 0.29) is 11.1 Å². The molecule has 1 fully saturated rings. The Kier molecular flexibility index (Phi) is 3.93. The second-order valence-electron chi connectivity index (χ2n) is 5.95. The topological polar surface area (TPSA) is 49.4 Å². The van der Waals surface area contributed by atoms with Gasteiger partial charge in [0.2, 0.25) is 0 Å². The standard InChI is InChI=1S/C20H16N2O2S/c1-13-9-11-15(12-10-13)21-18-19(23)22(20(24)25-18)17-8-4-6-14-5-2-3-7-16(14)17/h2-12,18,21H,1H3. The van der Waals surface area contributed by atoms with Crippen LogP contribution < -0.4 is 10.2 Å². The molecule has 1 N–H and O–H groups in total. The lowest BCUT2D eigenvalue weighted by molar-refractivity contribution is -0.116. The lowest BCUT2D eigenvalue weighted by atomic mass is 10.1. The maximum atomic E-state index is 12.9. The molecule has 1 aliphatic heterocycles. The average Bonchev–Trinajstić information content (AvgIpc) is 2.90. The van der Waals surface area contributed by atoms with Crippen LogP contribution in [0.25, 0.3) is 10.8 Å². The van der Waals surface area contributed by atoms with Crippen molar-refractivity contribution in [3.05, 3.63) is 72.3 Å². The number of anilines is 2. The van der Waals surface area contributed by atoms with Crippen LogP contribution in [0.2, 0.25) is 0 Å². The van der Waals surface area contributed by atoms with Crippen molar-refractivity contribution in [2.45, 2.75) is 12.3 Å². The Morgan fingerprint density at radius 3 is 2.44 bits per heavy atom. The van der Waals surface area contributed by atoms with E-state index in [9.17, 15) is 9.59 Å². The number of nitrogens with zero attached hydrogens (tertiary/aromatic N) is 1. The predicted octanol–water partition coefficient (Wildman–Crippen LogP) is 4.79. The fourth-order valence-corrected chi connectivity index (χ4v) is 3.82. The van der Waals surface area contributed by atoms with E-state index < -0.39 is 5.37 Å². The molecule has 1 atom stereocenters. The monoisotopic (exact) mass is 348 g/mol. The summed E-state index contributed by atoms with van der Waals surface area (Å²) in [7, 11) is 0. The summed E-state index contributed by atoms with van der Waals surface area (Å²) >= 11 is 1.01. The van der Waals surface area contributed by atoms with E-state index in [1.165, 1.54) is 4.90 Å². The third kappa shape index (κ3) is 2.87. The Labute approximate surface area is 149 Å². The van der Waals surface area contributed by atoms with Gasteiger partial charge in [0, 0.05) is 11.1 Å². The summed E-state index contributed by atoms with van der Waals surface area (Å²) in [5, 5.41) is 4.16. The molecule has 3 aromatic rings. The number of hydrogen-bond acceptors (Lipinski definition) is 4. The van der Waals surface area contributed by atoms with E-state index in [2.05, 4.69) is 5.32 Å². The zero-order chi connectivity index (χ0) is 17.4. The molecule has 1 unspecified atom stereocenters. The van der Waals surface area contributed by atoms with Crippen LogP contribution in [0, 0.1) is 6.92 Å². The average molecular weight is 348 g/mol. The van der Waals surface area contributed by atoms with Crippen molar-refractivity contribution in [3.63, 3.8) is 0 Å². The Hall–Kier alpha value is -2.79. The van der Waals surface area contributed by atoms with E-state index in [1.807, 2.05) is 73.7 Å². The van der Waals surface area contributed by atoms with Crippen LogP contribution in [0.1, 0.15) is 5.56 Å². The third-order valence-corrected chi connectivity index (χ3v) is 5.14. The maximum Gasteiger partial charge on any atom is 0.295 e. The summed E-state index contributed by atoms with van der Waals surface area (Å²) < 4.78 is 0. The SMILES string of the molecule is Cc1ccc(NC2SC(=O)N(c3cccc4ccccc34)C2=O)cc1. The zero-order valence-electron chi connectivity index (χ0n) is 13.6. The quantitative estimate of drug-likeness (QED) is 0.739. The molecule has 0 aromatic heterocycles. The summed E-state index contributed by atoms with van der Waals surface area (Å²) in [6.45, 7) is 2.00. The van der Waals surface area contributed by atoms with Crippen molar-refractivity contribution < 1.29 is 9.59 Å². The van der Waals surface area contributed by atoms with Gasteiger partial charge in [-0.05, 0) is 42.3 Å². The lowest BCUT2D eigenvalue weighted by Gasteiger charge is -2.17. The highest BCUT2D eigenvalue weighted by Gasteiger charge is 2.41. The number of carbonyl (C=O) groups is 2. The summed E-state index contributed by atoms with van der Waals surface area (Å²) in [5.41, 5.74) is 2.60. The van der Waals surface area contributed by atoms with E-state index in [0.717, 1.165) is 33.8 Å². The van der Waals surface area contributed by atoms with Gasteiger partial charge in [-0.3, -0.25) is 9.59 Å². The van der Waals surface area contributed by atoms with Crippen LogP contribution in [0.4, 0.5) is 16.2 Å². The number of fused-ring (bicyclic) bond motifs is 1. The lowest BCUT2D eigenvalue weighted by Crippen LogP contribution is -2.34. The van der Waals surface area contributed by atoms with Gasteiger partial charge >= 0.3 is 0 Å². The van der Waals surface area contributed by atoms with Crippen LogP contribution >= 0.6 is 11.8 Å². The zero-order valence-corrected chi connectivity index (χ0v) is 14.4. The van der Waals surface area contributed by atoms with Crippen LogP contribution in [0.3, 0.4) is 0 Å². The molecular formula is C20H16N2O2S. The van der Waals surface area contributed by atoms with Gasteiger partial charge in [0.1, 0.15) is 0 Å². The normalized spacial score (nSPS) is 17.3. The van der Waals surface area contributed by atoms with E-state index >= 15 is 0 Å². The minimum Gasteiger partial charge on any atom is -0.365 e. The van der Waals surface area contributed by atoms with Crippen molar-refractivity contribution in [2.75, 3.05) is 10.2 Å². The summed E-state index contributed by atoms with van der Waals surface area (Å²) in [6, 6.07) is 21.2. The number of carbonyl (C=O) groups excluding carboxylic acids is 2. The molecule has 0 bridgehead atoms. The van der Waals surface area contributed by atoms with Crippen molar-refractivity contribution >= 4 is 45.1 Å². The van der Waals surface area contributed by atoms with Gasteiger partial charge in [-0.25, -0.2) is 4.90 Å². The van der Waals surface area contributed by atoms with Crippen LogP contribution in [0.5, 0.6) is 0 Å². The van der Waals surface area contributed by atoms with Crippen molar-refractivity contribution in [1.29, 1.82) is 0 Å². The molecule has 124 valence electrons. The molecule has 25 heavy (non-hydrogen) atoms. The van der Waals surface area contributed by atoms with Gasteiger partial charge in [0.05, 0.1) is 5.69 Å². The molecule has 1 saturated heterocycles. The smallest absolute Gasteiger partial charge is 0.295 e. The molecule has 0 spiro atoms. The van der Waals surface area contributed by atoms with Crippen molar-refractivity contribution in [2.24, 2.45) is 0 Å². The number of aryl methyl sites for hydroxylation is 1. The van der Waals surface area contributed by atoms with E-state index in [1.54, 1.807) is 0 Å². The van der Waals surface area contributed by atoms with Crippen LogP contribution in [-0.4, -0.2) is 16.5 Å². The number of amides is 2. The highest BCUT2D eigenvalue weighted by molar-refractivity contribution is 8.16. The molecule has 1 aliphatic rings. The molecule has 0 aliphatic carbocycles. The molecular weight excluding hydrogens is 332 g/mol. The molecule has 2 amide bonds. The minimum atomic E-state index is -0.617. The van der Waals surface area contributed by atoms with Gasteiger partial charge in [0.15, 0.2) is 5.37 Å². The maximum absolute atomic E-state index is 12.9. The molecule has 5 heteroatoms. The summed E-state index contributed by atoms with van der Waals surface area (Å²) in [6.07, 6.45) is 0. The van der Waals surface area contributed by atoms with Crippen LogP contribution in [0.15, 0.2) is 66.7 Å². The van der Waals surface area contributed by atoms with Gasteiger partial charge in [-0.15, -0.1) is 0 Å². The predicted molar refractivity (Wildman–Crippen MR) is 103 cm³/mol. The first-order valence-corrected chi connectivity index (χ1v) is 8.87. The molecule has 0 radical (unpaired) electrons. The molecule has 1 heterocycles. The first-order chi connectivity index (χ1) is 12.1. The molecule has 0 saturated carbocycles. The molecule has 3 aromatic carbocycles. The van der Waals surface area contributed by atoms with E-state index in [4.69, 9.17) is 0 Å². The minimum absolute atomic E-state index is 0.244. The fraction of sp³-hybridized carbons (Fsp3) is 0.100. The Balaban J connectivity index is 1.66. The van der Waals surface area contributed by atoms with Gasteiger partial charge in [0.25, 0.3) is 11.1 Å². The number of rotatable bonds is 3. The highest BCUT2D eigenvalue weighted by Crippen LogP contribution is 2.36. The Morgan fingerprint density at radius 1 is 0.920 bits per heavy atom. The number of imide groups is 1. The largest absolute Gasteiger partial charge is 0.365 e. The Morgan fingerprint density at radius 2 is 1.64 bits per heavy atom.